The summed E-state index contributed by atoms with van der Waals surface area (Å²) in [7, 11) is 0. The molecule has 7 heteroatoms. The fourth-order valence-corrected chi connectivity index (χ4v) is 3.19. The Morgan fingerprint density at radius 3 is 2.62 bits per heavy atom. The van der Waals surface area contributed by atoms with E-state index in [2.05, 4.69) is 46.3 Å². The van der Waals surface area contributed by atoms with Gasteiger partial charge in [0, 0.05) is 29.9 Å². The SMILES string of the molecule is CC(C)CNc1nc(C#CC(C)(C)O)cn2c(-c3ccc(C(=O)NC4CC4)cc3)cnc12. The summed E-state index contributed by atoms with van der Waals surface area (Å²) in [5, 5.41) is 16.4. The first-order valence-electron chi connectivity index (χ1n) is 11.0. The van der Waals surface area contributed by atoms with Gasteiger partial charge in [-0.15, -0.1) is 0 Å². The highest BCUT2D eigenvalue weighted by atomic mass is 16.3. The minimum Gasteiger partial charge on any atom is -0.378 e. The van der Waals surface area contributed by atoms with Crippen LogP contribution in [0.25, 0.3) is 16.9 Å². The van der Waals surface area contributed by atoms with Gasteiger partial charge in [-0.1, -0.05) is 31.9 Å². The van der Waals surface area contributed by atoms with Crippen LogP contribution in [0.2, 0.25) is 0 Å². The monoisotopic (exact) mass is 431 g/mol. The normalized spacial score (nSPS) is 13.7. The van der Waals surface area contributed by atoms with E-state index in [-0.39, 0.29) is 5.91 Å². The number of fused-ring (bicyclic) bond motifs is 1. The number of nitrogens with one attached hydrogen (secondary N) is 2. The maximum atomic E-state index is 12.3. The Balaban J connectivity index is 1.71. The lowest BCUT2D eigenvalue weighted by Gasteiger charge is -2.11. The third-order valence-corrected chi connectivity index (χ3v) is 5.02. The highest BCUT2D eigenvalue weighted by Gasteiger charge is 2.23. The third kappa shape index (κ3) is 5.27. The van der Waals surface area contributed by atoms with Crippen molar-refractivity contribution in [2.24, 2.45) is 5.92 Å². The first-order valence-corrected chi connectivity index (χ1v) is 11.0. The van der Waals surface area contributed by atoms with E-state index >= 15 is 0 Å². The van der Waals surface area contributed by atoms with Crippen molar-refractivity contribution in [1.29, 1.82) is 0 Å². The van der Waals surface area contributed by atoms with E-state index in [0.29, 0.717) is 34.7 Å². The summed E-state index contributed by atoms with van der Waals surface area (Å²) in [6.45, 7) is 8.28. The highest BCUT2D eigenvalue weighted by Crippen LogP contribution is 2.25. The number of hydrogen-bond donors (Lipinski definition) is 3. The van der Waals surface area contributed by atoms with Crippen LogP contribution in [0.1, 0.15) is 56.6 Å². The van der Waals surface area contributed by atoms with Crippen LogP contribution < -0.4 is 10.6 Å². The van der Waals surface area contributed by atoms with Crippen LogP contribution in [-0.2, 0) is 0 Å². The molecule has 0 radical (unpaired) electrons. The van der Waals surface area contributed by atoms with Gasteiger partial charge < -0.3 is 15.7 Å². The number of rotatable bonds is 6. The summed E-state index contributed by atoms with van der Waals surface area (Å²) in [5.41, 5.74) is 2.57. The van der Waals surface area contributed by atoms with Crippen LogP contribution >= 0.6 is 0 Å². The number of amides is 1. The van der Waals surface area contributed by atoms with Crippen molar-refractivity contribution in [3.05, 3.63) is 47.9 Å². The van der Waals surface area contributed by atoms with E-state index in [9.17, 15) is 9.90 Å². The Morgan fingerprint density at radius 1 is 1.28 bits per heavy atom. The van der Waals surface area contributed by atoms with Gasteiger partial charge in [0.1, 0.15) is 11.3 Å². The molecule has 0 spiro atoms. The fraction of sp³-hybridized carbons (Fsp3) is 0.400. The molecule has 1 fully saturated rings. The predicted molar refractivity (Wildman–Crippen MR) is 125 cm³/mol. The van der Waals surface area contributed by atoms with Crippen molar-refractivity contribution in [3.8, 4) is 23.1 Å². The predicted octanol–water partition coefficient (Wildman–Crippen LogP) is 3.48. The van der Waals surface area contributed by atoms with Crippen LogP contribution in [0, 0.1) is 17.8 Å². The first-order chi connectivity index (χ1) is 15.2. The van der Waals surface area contributed by atoms with Gasteiger partial charge in [-0.3, -0.25) is 9.20 Å². The van der Waals surface area contributed by atoms with E-state index in [0.717, 1.165) is 30.6 Å². The van der Waals surface area contributed by atoms with E-state index in [1.165, 1.54) is 0 Å². The van der Waals surface area contributed by atoms with Gasteiger partial charge >= 0.3 is 0 Å². The Labute approximate surface area is 188 Å². The Hall–Kier alpha value is -3.37. The van der Waals surface area contributed by atoms with Crippen molar-refractivity contribution in [3.63, 3.8) is 0 Å². The van der Waals surface area contributed by atoms with Crippen LogP contribution in [0.15, 0.2) is 36.7 Å². The fourth-order valence-electron chi connectivity index (χ4n) is 3.19. The van der Waals surface area contributed by atoms with Crippen molar-refractivity contribution in [1.82, 2.24) is 19.7 Å². The number of carbonyl (C=O) groups is 1. The average Bonchev–Trinajstić information content (AvgIpc) is 3.45. The van der Waals surface area contributed by atoms with Crippen LogP contribution in [0.3, 0.4) is 0 Å². The maximum absolute atomic E-state index is 12.3. The van der Waals surface area contributed by atoms with Gasteiger partial charge in [0.25, 0.3) is 5.91 Å². The molecule has 1 aliphatic carbocycles. The summed E-state index contributed by atoms with van der Waals surface area (Å²) < 4.78 is 1.95. The standard InChI is InChI=1S/C25H29N5O2/c1-16(2)13-26-22-23-27-14-21(30(23)15-20(28-22)11-12-25(3,4)32)17-5-7-18(8-6-17)24(31)29-19-9-10-19/h5-8,14-16,19,32H,9-10,13H2,1-4H3,(H,26,28)(H,29,31). The molecule has 2 aromatic heterocycles. The number of aromatic nitrogens is 3. The summed E-state index contributed by atoms with van der Waals surface area (Å²) >= 11 is 0. The zero-order chi connectivity index (χ0) is 22.9. The molecule has 166 valence electrons. The molecule has 1 aromatic carbocycles. The lowest BCUT2D eigenvalue weighted by atomic mass is 10.1. The average molecular weight is 432 g/mol. The largest absolute Gasteiger partial charge is 0.378 e. The maximum Gasteiger partial charge on any atom is 0.251 e. The smallest absolute Gasteiger partial charge is 0.251 e. The number of imidazole rings is 1. The molecule has 0 aliphatic heterocycles. The minimum absolute atomic E-state index is 0.0363. The molecule has 1 amide bonds. The molecule has 3 N–H and O–H groups in total. The van der Waals surface area contributed by atoms with Crippen molar-refractivity contribution < 1.29 is 9.90 Å². The van der Waals surface area contributed by atoms with E-state index in [1.54, 1.807) is 20.0 Å². The second-order valence-electron chi connectivity index (χ2n) is 9.22. The lowest BCUT2D eigenvalue weighted by Crippen LogP contribution is -2.25. The molecule has 1 aliphatic rings. The first kappa shape index (κ1) is 21.8. The summed E-state index contributed by atoms with van der Waals surface area (Å²) in [6.07, 6.45) is 5.74. The zero-order valence-corrected chi connectivity index (χ0v) is 18.9. The van der Waals surface area contributed by atoms with Crippen molar-refractivity contribution in [2.75, 3.05) is 11.9 Å². The van der Waals surface area contributed by atoms with Gasteiger partial charge in [-0.2, -0.15) is 0 Å². The number of benzene rings is 1. The number of nitrogens with zero attached hydrogens (tertiary/aromatic N) is 3. The summed E-state index contributed by atoms with van der Waals surface area (Å²) in [5.74, 6) is 6.84. The molecule has 0 saturated heterocycles. The molecule has 4 rings (SSSR count). The molecule has 1 saturated carbocycles. The lowest BCUT2D eigenvalue weighted by molar-refractivity contribution is 0.0951. The molecular formula is C25H29N5O2. The molecule has 3 aromatic rings. The van der Waals surface area contributed by atoms with Crippen LogP contribution in [0.5, 0.6) is 0 Å². The van der Waals surface area contributed by atoms with E-state index in [4.69, 9.17) is 0 Å². The van der Waals surface area contributed by atoms with Gasteiger partial charge in [0.15, 0.2) is 11.5 Å². The number of hydrogen-bond acceptors (Lipinski definition) is 5. The van der Waals surface area contributed by atoms with Crippen LogP contribution in [-0.4, -0.2) is 43.6 Å². The number of aliphatic hydroxyl groups is 1. The number of anilines is 1. The van der Waals surface area contributed by atoms with E-state index in [1.807, 2.05) is 34.9 Å². The van der Waals surface area contributed by atoms with Gasteiger partial charge in [0.2, 0.25) is 0 Å². The molecule has 7 nitrogen and oxygen atoms in total. The van der Waals surface area contributed by atoms with E-state index < -0.39 is 5.60 Å². The Kier molecular flexibility index (Phi) is 5.90. The molecule has 0 bridgehead atoms. The van der Waals surface area contributed by atoms with Gasteiger partial charge in [0.05, 0.1) is 11.9 Å². The quantitative estimate of drug-likeness (QED) is 0.520. The van der Waals surface area contributed by atoms with Gasteiger partial charge in [-0.05, 0) is 50.7 Å². The minimum atomic E-state index is -1.11. The second-order valence-corrected chi connectivity index (χ2v) is 9.22. The highest BCUT2D eigenvalue weighted by molar-refractivity contribution is 5.95. The second kappa shape index (κ2) is 8.64. The van der Waals surface area contributed by atoms with Crippen molar-refractivity contribution >= 4 is 17.4 Å². The Bertz CT molecular complexity index is 1190. The zero-order valence-electron chi connectivity index (χ0n) is 18.9. The number of carbonyl (C=O) groups excluding carboxylic acids is 1. The molecule has 0 unspecified atom stereocenters. The topological polar surface area (TPSA) is 91.5 Å². The molecule has 0 atom stereocenters. The molecule has 2 heterocycles. The Morgan fingerprint density at radius 2 is 2.00 bits per heavy atom. The third-order valence-electron chi connectivity index (χ3n) is 5.02. The van der Waals surface area contributed by atoms with Crippen LogP contribution in [0.4, 0.5) is 5.82 Å². The molecular weight excluding hydrogens is 402 g/mol. The molecule has 32 heavy (non-hydrogen) atoms. The van der Waals surface area contributed by atoms with Crippen molar-refractivity contribution in [2.45, 2.75) is 52.2 Å². The summed E-state index contributed by atoms with van der Waals surface area (Å²) in [6, 6.07) is 7.85. The summed E-state index contributed by atoms with van der Waals surface area (Å²) in [4.78, 5) is 21.5. The van der Waals surface area contributed by atoms with Gasteiger partial charge in [-0.25, -0.2) is 9.97 Å².